The van der Waals surface area contributed by atoms with Crippen LogP contribution in [0.1, 0.15) is 44.6 Å². The van der Waals surface area contributed by atoms with E-state index in [2.05, 4.69) is 18.8 Å². The smallest absolute Gasteiger partial charge is 0.142 e. The maximum absolute atomic E-state index is 13.1. The van der Waals surface area contributed by atoms with Crippen LogP contribution in [0.25, 0.3) is 10.9 Å². The fourth-order valence-corrected chi connectivity index (χ4v) is 1.57. The van der Waals surface area contributed by atoms with Gasteiger partial charge in [0.25, 0.3) is 0 Å². The second-order valence-electron chi connectivity index (χ2n) is 4.39. The van der Waals surface area contributed by atoms with Gasteiger partial charge in [-0.25, -0.2) is 9.37 Å². The summed E-state index contributed by atoms with van der Waals surface area (Å²) < 4.78 is 13.1. The first-order valence-corrected chi connectivity index (χ1v) is 6.23. The normalized spacial score (nSPS) is 11.8. The zero-order valence-electron chi connectivity index (χ0n) is 11.4. The predicted molar refractivity (Wildman–Crippen MR) is 73.6 cm³/mol. The highest BCUT2D eigenvalue weighted by atomic mass is 19.1. The highest BCUT2D eigenvalue weighted by molar-refractivity contribution is 5.85. The summed E-state index contributed by atoms with van der Waals surface area (Å²) in [7, 11) is 0. The van der Waals surface area contributed by atoms with Crippen LogP contribution in [-0.4, -0.2) is 10.1 Å². The van der Waals surface area contributed by atoms with Crippen LogP contribution in [0.4, 0.5) is 4.39 Å². The van der Waals surface area contributed by atoms with Gasteiger partial charge in [-0.05, 0) is 37.6 Å². The number of aromatic nitrogens is 1. The molecule has 1 heterocycles. The van der Waals surface area contributed by atoms with Gasteiger partial charge in [0.05, 0.1) is 0 Å². The minimum absolute atomic E-state index is 0.0377. The summed E-state index contributed by atoms with van der Waals surface area (Å²) in [6.07, 6.45) is 0.168. The van der Waals surface area contributed by atoms with Crippen molar-refractivity contribution in [2.24, 2.45) is 0 Å². The van der Waals surface area contributed by atoms with Crippen molar-refractivity contribution in [3.8, 4) is 5.75 Å². The number of hydrogen-bond donors (Lipinski definition) is 1. The first-order chi connectivity index (χ1) is 8.49. The van der Waals surface area contributed by atoms with E-state index in [1.165, 1.54) is 19.4 Å². The molecule has 0 radical (unpaired) electrons. The molecule has 1 N–H and O–H groups in total. The number of rotatable bonds is 1. The number of aryl methyl sites for hydroxylation is 1. The molecular weight excluding hydrogens is 229 g/mol. The molecule has 0 amide bonds. The first kappa shape index (κ1) is 14.4. The van der Waals surface area contributed by atoms with Gasteiger partial charge in [-0.1, -0.05) is 26.3 Å². The van der Waals surface area contributed by atoms with Gasteiger partial charge in [0.1, 0.15) is 17.4 Å². The fraction of sp³-hybridized carbons (Fsp3) is 0.400. The van der Waals surface area contributed by atoms with Crippen molar-refractivity contribution in [1.29, 1.82) is 0 Å². The molecule has 0 fully saturated rings. The van der Waals surface area contributed by atoms with Crippen LogP contribution in [0.15, 0.2) is 24.3 Å². The number of pyridine rings is 1. The van der Waals surface area contributed by atoms with Gasteiger partial charge in [0.15, 0.2) is 0 Å². The van der Waals surface area contributed by atoms with Gasteiger partial charge in [-0.3, -0.25) is 0 Å². The third-order valence-corrected chi connectivity index (χ3v) is 2.39. The molecule has 98 valence electrons. The molecule has 1 unspecified atom stereocenters. The van der Waals surface area contributed by atoms with E-state index in [4.69, 9.17) is 0 Å². The summed E-state index contributed by atoms with van der Waals surface area (Å²) in [4.78, 5) is 4.20. The number of alkyl halides is 1. The molecule has 0 saturated heterocycles. The Morgan fingerprint density at radius 2 is 1.89 bits per heavy atom. The molecule has 0 aliphatic rings. The Morgan fingerprint density at radius 3 is 2.44 bits per heavy atom. The molecule has 3 heteroatoms. The minimum atomic E-state index is -1.08. The van der Waals surface area contributed by atoms with E-state index in [0.29, 0.717) is 11.1 Å². The standard InChI is InChI=1S/C12H12FNO.C3H8/c1-7-3-4-9-5-10(8(2)13)6-11(15)12(9)14-7;1-3-2/h3-6,8,15H,1-2H3;3H2,1-2H3. The van der Waals surface area contributed by atoms with Crippen LogP contribution in [0.3, 0.4) is 0 Å². The number of aromatic hydroxyl groups is 1. The SMILES string of the molecule is CCC.Cc1ccc2cc(C(C)F)cc(O)c2n1. The molecule has 2 aromatic rings. The molecule has 0 spiro atoms. The van der Waals surface area contributed by atoms with Crippen LogP contribution in [0.5, 0.6) is 5.75 Å². The second-order valence-corrected chi connectivity index (χ2v) is 4.39. The van der Waals surface area contributed by atoms with Gasteiger partial charge in [0.2, 0.25) is 0 Å². The minimum Gasteiger partial charge on any atom is -0.506 e. The average Bonchev–Trinajstić information content (AvgIpc) is 2.30. The Balaban J connectivity index is 0.000000492. The average molecular weight is 249 g/mol. The van der Waals surface area contributed by atoms with Crippen molar-refractivity contribution in [2.75, 3.05) is 0 Å². The summed E-state index contributed by atoms with van der Waals surface area (Å²) in [5.74, 6) is 0.0377. The molecule has 2 rings (SSSR count). The Morgan fingerprint density at radius 1 is 1.28 bits per heavy atom. The number of fused-ring (bicyclic) bond motifs is 1. The number of halogens is 1. The van der Waals surface area contributed by atoms with Gasteiger partial charge in [-0.15, -0.1) is 0 Å². The quantitative estimate of drug-likeness (QED) is 0.795. The molecule has 2 nitrogen and oxygen atoms in total. The Labute approximate surface area is 107 Å². The predicted octanol–water partition coefficient (Wildman–Crippen LogP) is 4.70. The largest absolute Gasteiger partial charge is 0.506 e. The zero-order valence-corrected chi connectivity index (χ0v) is 11.4. The van der Waals surface area contributed by atoms with Crippen molar-refractivity contribution in [3.05, 3.63) is 35.5 Å². The molecule has 0 bridgehead atoms. The summed E-state index contributed by atoms with van der Waals surface area (Å²) >= 11 is 0. The van der Waals surface area contributed by atoms with Crippen molar-refractivity contribution < 1.29 is 9.50 Å². The van der Waals surface area contributed by atoms with Crippen molar-refractivity contribution in [1.82, 2.24) is 4.98 Å². The van der Waals surface area contributed by atoms with E-state index in [1.54, 1.807) is 6.07 Å². The Bertz CT molecular complexity index is 523. The van der Waals surface area contributed by atoms with Crippen LogP contribution < -0.4 is 0 Å². The zero-order chi connectivity index (χ0) is 13.7. The van der Waals surface area contributed by atoms with Crippen molar-refractivity contribution >= 4 is 10.9 Å². The van der Waals surface area contributed by atoms with Crippen LogP contribution >= 0.6 is 0 Å². The lowest BCUT2D eigenvalue weighted by atomic mass is 10.1. The Kier molecular flexibility index (Phi) is 5.08. The highest BCUT2D eigenvalue weighted by Gasteiger charge is 2.08. The van der Waals surface area contributed by atoms with Gasteiger partial charge in [-0.2, -0.15) is 0 Å². The van der Waals surface area contributed by atoms with E-state index in [-0.39, 0.29) is 5.75 Å². The monoisotopic (exact) mass is 249 g/mol. The third-order valence-electron chi connectivity index (χ3n) is 2.39. The lowest BCUT2D eigenvalue weighted by Gasteiger charge is -2.06. The van der Waals surface area contributed by atoms with Crippen LogP contribution in [0.2, 0.25) is 0 Å². The Hall–Kier alpha value is -1.64. The van der Waals surface area contributed by atoms with Gasteiger partial charge < -0.3 is 5.11 Å². The summed E-state index contributed by atoms with van der Waals surface area (Å²) in [5.41, 5.74) is 1.84. The molecule has 0 aliphatic carbocycles. The summed E-state index contributed by atoms with van der Waals surface area (Å²) in [6, 6.07) is 6.82. The summed E-state index contributed by atoms with van der Waals surface area (Å²) in [5, 5.41) is 10.5. The maximum Gasteiger partial charge on any atom is 0.142 e. The molecular formula is C15H20FNO. The maximum atomic E-state index is 13.1. The van der Waals surface area contributed by atoms with Gasteiger partial charge >= 0.3 is 0 Å². The van der Waals surface area contributed by atoms with Crippen LogP contribution in [0, 0.1) is 6.92 Å². The van der Waals surface area contributed by atoms with E-state index in [1.807, 2.05) is 19.1 Å². The molecule has 1 atom stereocenters. The topological polar surface area (TPSA) is 33.1 Å². The summed E-state index contributed by atoms with van der Waals surface area (Å²) in [6.45, 7) is 7.55. The fourth-order valence-electron chi connectivity index (χ4n) is 1.57. The van der Waals surface area contributed by atoms with E-state index in [0.717, 1.165) is 11.1 Å². The molecule has 0 saturated carbocycles. The van der Waals surface area contributed by atoms with Crippen molar-refractivity contribution in [3.63, 3.8) is 0 Å². The molecule has 1 aromatic carbocycles. The number of benzene rings is 1. The number of phenolic OH excluding ortho intramolecular Hbond substituents is 1. The van der Waals surface area contributed by atoms with E-state index in [9.17, 15) is 9.50 Å². The highest BCUT2D eigenvalue weighted by Crippen LogP contribution is 2.29. The molecule has 1 aromatic heterocycles. The lowest BCUT2D eigenvalue weighted by Crippen LogP contribution is -1.89. The number of nitrogens with zero attached hydrogens (tertiary/aromatic N) is 1. The second kappa shape index (κ2) is 6.34. The molecule has 0 aliphatic heterocycles. The molecule has 18 heavy (non-hydrogen) atoms. The third kappa shape index (κ3) is 3.42. The van der Waals surface area contributed by atoms with Crippen LogP contribution in [-0.2, 0) is 0 Å². The first-order valence-electron chi connectivity index (χ1n) is 6.23. The van der Waals surface area contributed by atoms with E-state index < -0.39 is 6.17 Å². The number of hydrogen-bond acceptors (Lipinski definition) is 2. The van der Waals surface area contributed by atoms with E-state index >= 15 is 0 Å². The lowest BCUT2D eigenvalue weighted by molar-refractivity contribution is 0.372. The van der Waals surface area contributed by atoms with Gasteiger partial charge in [0, 0.05) is 11.1 Å². The van der Waals surface area contributed by atoms with Crippen molar-refractivity contribution in [2.45, 2.75) is 40.3 Å². The number of phenols is 1.